The van der Waals surface area contributed by atoms with E-state index in [-0.39, 0.29) is 16.4 Å². The minimum Gasteiger partial charge on any atom is -0.478 e. The van der Waals surface area contributed by atoms with E-state index in [0.29, 0.717) is 34.1 Å². The standard InChI is InChI=1S/C42H63N3O2/c1-28(2)31-14-19-42(44-24-27-45-25-22-43-23-26-45)21-20-40(6)33(36(31)42)12-13-35-39(5)17-15-32(29-8-10-30(11-9-29)37(46)47)38(3,4)34(39)16-18-41(35,40)7/h8-11,15,31,33-36,43-44H,1,12-14,16-27H2,2-7H3,(H,46,47)/t31-,33+,34?,35?,36?,39-,40+,41+,42-/m0/s1. The average Bonchev–Trinajstić information content (AvgIpc) is 3.42. The van der Waals surface area contributed by atoms with E-state index in [2.05, 4.69) is 69.7 Å². The van der Waals surface area contributed by atoms with E-state index in [1.165, 1.54) is 87.7 Å². The largest absolute Gasteiger partial charge is 0.478 e. The van der Waals surface area contributed by atoms with Crippen molar-refractivity contribution in [2.45, 2.75) is 105 Å². The fourth-order valence-corrected chi connectivity index (χ4v) is 13.7. The number of carboxylic acids is 1. The third-order valence-corrected chi connectivity index (χ3v) is 16.2. The first kappa shape index (κ1) is 33.5. The second kappa shape index (κ2) is 11.8. The van der Waals surface area contributed by atoms with E-state index < -0.39 is 5.97 Å². The van der Waals surface area contributed by atoms with Crippen molar-refractivity contribution in [2.75, 3.05) is 39.3 Å². The molecule has 5 nitrogen and oxygen atoms in total. The van der Waals surface area contributed by atoms with Gasteiger partial charge in [0, 0.05) is 44.8 Å². The lowest BCUT2D eigenvalue weighted by Gasteiger charge is -2.72. The van der Waals surface area contributed by atoms with Crippen molar-refractivity contribution in [1.29, 1.82) is 0 Å². The third kappa shape index (κ3) is 5.06. The van der Waals surface area contributed by atoms with Crippen LogP contribution in [0.3, 0.4) is 0 Å². The van der Waals surface area contributed by atoms with E-state index in [0.717, 1.165) is 37.9 Å². The highest BCUT2D eigenvalue weighted by Gasteiger charge is 2.70. The zero-order valence-corrected chi connectivity index (χ0v) is 30.4. The summed E-state index contributed by atoms with van der Waals surface area (Å²) in [5.41, 5.74) is 5.68. The van der Waals surface area contributed by atoms with Gasteiger partial charge in [-0.2, -0.15) is 0 Å². The summed E-state index contributed by atoms with van der Waals surface area (Å²) in [4.78, 5) is 14.2. The van der Waals surface area contributed by atoms with Crippen molar-refractivity contribution in [3.63, 3.8) is 0 Å². The highest BCUT2D eigenvalue weighted by atomic mass is 16.4. The number of allylic oxidation sites excluding steroid dienone is 3. The molecule has 0 bridgehead atoms. The Bertz CT molecular complexity index is 1410. The maximum atomic E-state index is 11.5. The zero-order chi connectivity index (χ0) is 33.4. The van der Waals surface area contributed by atoms with Crippen LogP contribution in [0, 0.1) is 51.2 Å². The summed E-state index contributed by atoms with van der Waals surface area (Å²) in [5, 5.41) is 17.3. The predicted octanol–water partition coefficient (Wildman–Crippen LogP) is 8.28. The number of aromatic carboxylic acids is 1. The number of hydrogen-bond acceptors (Lipinski definition) is 4. The second-order valence-corrected chi connectivity index (χ2v) is 18.3. The van der Waals surface area contributed by atoms with Gasteiger partial charge < -0.3 is 15.7 Å². The predicted molar refractivity (Wildman–Crippen MR) is 193 cm³/mol. The minimum atomic E-state index is -0.852. The lowest BCUT2D eigenvalue weighted by molar-refractivity contribution is -0.219. The number of hydrogen-bond donors (Lipinski definition) is 3. The molecule has 4 saturated carbocycles. The summed E-state index contributed by atoms with van der Waals surface area (Å²) in [5.74, 6) is 2.59. The van der Waals surface area contributed by atoms with Crippen molar-refractivity contribution in [3.05, 3.63) is 53.6 Å². The van der Waals surface area contributed by atoms with Gasteiger partial charge in [-0.15, -0.1) is 0 Å². The highest BCUT2D eigenvalue weighted by Crippen LogP contribution is 2.76. The van der Waals surface area contributed by atoms with Crippen LogP contribution in [-0.2, 0) is 0 Å². The molecule has 1 saturated heterocycles. The molecule has 0 radical (unpaired) electrons. The number of piperazine rings is 1. The number of carboxylic acid groups (broad SMARTS) is 1. The van der Waals surface area contributed by atoms with Gasteiger partial charge in [0.15, 0.2) is 0 Å². The fraction of sp³-hybridized carbons (Fsp3) is 0.738. The van der Waals surface area contributed by atoms with Gasteiger partial charge in [0.25, 0.3) is 0 Å². The van der Waals surface area contributed by atoms with Gasteiger partial charge in [0.1, 0.15) is 0 Å². The van der Waals surface area contributed by atoms with Gasteiger partial charge in [-0.3, -0.25) is 4.90 Å². The first-order chi connectivity index (χ1) is 22.3. The Hall–Kier alpha value is -1.95. The smallest absolute Gasteiger partial charge is 0.335 e. The molecule has 0 amide bonds. The van der Waals surface area contributed by atoms with Gasteiger partial charge in [-0.25, -0.2) is 4.79 Å². The Morgan fingerprint density at radius 3 is 2.34 bits per heavy atom. The molecule has 5 heteroatoms. The Kier molecular flexibility index (Phi) is 8.45. The monoisotopic (exact) mass is 641 g/mol. The topological polar surface area (TPSA) is 64.6 Å². The molecule has 1 aromatic rings. The summed E-state index contributed by atoms with van der Waals surface area (Å²) in [6, 6.07) is 7.66. The first-order valence-electron chi connectivity index (χ1n) is 19.1. The number of fused-ring (bicyclic) bond motifs is 7. The summed E-state index contributed by atoms with van der Waals surface area (Å²) in [6.07, 6.45) is 14.3. The number of rotatable bonds is 7. The first-order valence-corrected chi connectivity index (χ1v) is 19.1. The highest BCUT2D eigenvalue weighted by molar-refractivity contribution is 5.88. The molecule has 3 N–H and O–H groups in total. The summed E-state index contributed by atoms with van der Waals surface area (Å²) in [7, 11) is 0. The number of nitrogens with one attached hydrogen (secondary N) is 2. The van der Waals surface area contributed by atoms with Crippen LogP contribution in [0.1, 0.15) is 115 Å². The lowest BCUT2D eigenvalue weighted by atomic mass is 9.33. The summed E-state index contributed by atoms with van der Waals surface area (Å²) >= 11 is 0. The maximum Gasteiger partial charge on any atom is 0.335 e. The van der Waals surface area contributed by atoms with Crippen LogP contribution in [0.5, 0.6) is 0 Å². The molecule has 47 heavy (non-hydrogen) atoms. The Balaban J connectivity index is 1.17. The number of benzene rings is 1. The molecule has 0 aromatic heterocycles. The molecular formula is C42H63N3O2. The van der Waals surface area contributed by atoms with E-state index in [4.69, 9.17) is 0 Å². The molecule has 5 aliphatic carbocycles. The molecule has 5 fully saturated rings. The Labute approximate surface area is 285 Å². The van der Waals surface area contributed by atoms with Crippen molar-refractivity contribution >= 4 is 11.5 Å². The average molecular weight is 642 g/mol. The summed E-state index contributed by atoms with van der Waals surface area (Å²) in [6.45, 7) is 27.0. The minimum absolute atomic E-state index is 0.0450. The van der Waals surface area contributed by atoms with Gasteiger partial charge in [0.2, 0.25) is 0 Å². The van der Waals surface area contributed by atoms with Crippen LogP contribution in [0.4, 0.5) is 0 Å². The van der Waals surface area contributed by atoms with Crippen molar-refractivity contribution in [2.24, 2.45) is 51.2 Å². The molecule has 7 rings (SSSR count). The van der Waals surface area contributed by atoms with E-state index in [1.54, 1.807) is 12.1 Å². The Morgan fingerprint density at radius 2 is 1.66 bits per heavy atom. The van der Waals surface area contributed by atoms with Crippen molar-refractivity contribution in [3.8, 4) is 0 Å². The molecule has 1 heterocycles. The van der Waals surface area contributed by atoms with Crippen LogP contribution in [-0.4, -0.2) is 60.8 Å². The fourth-order valence-electron chi connectivity index (χ4n) is 13.7. The summed E-state index contributed by atoms with van der Waals surface area (Å²) < 4.78 is 0. The van der Waals surface area contributed by atoms with Gasteiger partial charge >= 0.3 is 5.97 Å². The quantitative estimate of drug-likeness (QED) is 0.262. The van der Waals surface area contributed by atoms with Crippen LogP contribution in [0.2, 0.25) is 0 Å². The lowest BCUT2D eigenvalue weighted by Crippen LogP contribution is -2.68. The van der Waals surface area contributed by atoms with Crippen LogP contribution in [0.15, 0.2) is 42.5 Å². The van der Waals surface area contributed by atoms with E-state index in [9.17, 15) is 9.90 Å². The molecule has 0 spiro atoms. The van der Waals surface area contributed by atoms with Gasteiger partial charge in [0.05, 0.1) is 5.56 Å². The van der Waals surface area contributed by atoms with E-state index >= 15 is 0 Å². The van der Waals surface area contributed by atoms with Crippen LogP contribution >= 0.6 is 0 Å². The van der Waals surface area contributed by atoms with Gasteiger partial charge in [-0.05, 0) is 139 Å². The molecule has 258 valence electrons. The molecule has 6 aliphatic rings. The second-order valence-electron chi connectivity index (χ2n) is 18.3. The van der Waals surface area contributed by atoms with Crippen LogP contribution in [0.25, 0.3) is 5.57 Å². The third-order valence-electron chi connectivity index (χ3n) is 16.2. The van der Waals surface area contributed by atoms with Gasteiger partial charge in [-0.1, -0.05) is 65.0 Å². The molecule has 3 unspecified atom stereocenters. The molecule has 1 aromatic carbocycles. The zero-order valence-electron chi connectivity index (χ0n) is 30.4. The maximum absolute atomic E-state index is 11.5. The molecule has 1 aliphatic heterocycles. The SMILES string of the molecule is C=C(C)[C@@H]1CC[C@]2(NCCN3CCNCC3)CC[C@]3(C)[C@H](CCC4[C@@]5(C)CC=C(c6ccc(C(=O)O)cc6)C(C)(C)C5CC[C@]43C)C12. The number of carbonyl (C=O) groups is 1. The van der Waals surface area contributed by atoms with Crippen molar-refractivity contribution in [1.82, 2.24) is 15.5 Å². The number of nitrogens with zero attached hydrogens (tertiary/aromatic N) is 1. The van der Waals surface area contributed by atoms with Crippen molar-refractivity contribution < 1.29 is 9.90 Å². The normalized spacial score (nSPS) is 42.8. The molecule has 9 atom stereocenters. The van der Waals surface area contributed by atoms with E-state index in [1.807, 2.05) is 12.1 Å². The van der Waals surface area contributed by atoms with Crippen LogP contribution < -0.4 is 10.6 Å². The molecular weight excluding hydrogens is 578 g/mol. The Morgan fingerprint density at radius 1 is 0.936 bits per heavy atom.